The summed E-state index contributed by atoms with van der Waals surface area (Å²) in [6, 6.07) is 8.94. The molecule has 5 nitrogen and oxygen atoms in total. The number of carbonyl (C=O) groups excluding carboxylic acids is 1. The molecule has 1 aromatic carbocycles. The molecule has 1 saturated heterocycles. The summed E-state index contributed by atoms with van der Waals surface area (Å²) >= 11 is 0. The molecule has 0 radical (unpaired) electrons. The fourth-order valence-electron chi connectivity index (χ4n) is 2.83. The van der Waals surface area contributed by atoms with Crippen molar-refractivity contribution in [3.63, 3.8) is 0 Å². The third kappa shape index (κ3) is 4.45. The standard InChI is InChI=1S/C17H27N3O2/c1-4-17(21)18-13-16(20-9-11-22-12-10-20)14-5-7-15(8-6-14)19(2)3/h5-8,16H,4,9-13H2,1-3H3,(H,18,21)/p+1/t16-/m1/s1. The van der Waals surface area contributed by atoms with E-state index in [1.54, 1.807) is 0 Å². The van der Waals surface area contributed by atoms with Crippen LogP contribution in [0.4, 0.5) is 5.69 Å². The summed E-state index contributed by atoms with van der Waals surface area (Å²) in [4.78, 5) is 15.2. The minimum absolute atomic E-state index is 0.113. The Kier molecular flexibility index (Phi) is 6.21. The molecule has 22 heavy (non-hydrogen) atoms. The summed E-state index contributed by atoms with van der Waals surface area (Å²) in [7, 11) is 4.09. The number of benzene rings is 1. The molecule has 1 atom stereocenters. The summed E-state index contributed by atoms with van der Waals surface area (Å²) in [5.41, 5.74) is 2.47. The van der Waals surface area contributed by atoms with Gasteiger partial charge in [0.2, 0.25) is 5.91 Å². The molecule has 122 valence electrons. The predicted molar refractivity (Wildman–Crippen MR) is 88.3 cm³/mol. The number of amides is 1. The van der Waals surface area contributed by atoms with Crippen molar-refractivity contribution in [2.24, 2.45) is 0 Å². The van der Waals surface area contributed by atoms with Crippen molar-refractivity contribution in [2.75, 3.05) is 51.8 Å². The summed E-state index contributed by atoms with van der Waals surface area (Å²) in [5, 5.41) is 3.05. The van der Waals surface area contributed by atoms with E-state index in [1.807, 2.05) is 21.0 Å². The van der Waals surface area contributed by atoms with E-state index in [2.05, 4.69) is 34.5 Å². The van der Waals surface area contributed by atoms with Crippen LogP contribution in [-0.4, -0.2) is 52.9 Å². The van der Waals surface area contributed by atoms with Crippen molar-refractivity contribution in [2.45, 2.75) is 19.4 Å². The molecule has 1 amide bonds. The number of morpholine rings is 1. The molecule has 1 fully saturated rings. The largest absolute Gasteiger partial charge is 0.378 e. The highest BCUT2D eigenvalue weighted by atomic mass is 16.5. The highest BCUT2D eigenvalue weighted by Crippen LogP contribution is 2.16. The van der Waals surface area contributed by atoms with E-state index < -0.39 is 0 Å². The van der Waals surface area contributed by atoms with Crippen LogP contribution in [-0.2, 0) is 9.53 Å². The zero-order chi connectivity index (χ0) is 15.9. The Morgan fingerprint density at radius 3 is 2.45 bits per heavy atom. The van der Waals surface area contributed by atoms with Gasteiger partial charge in [0.05, 0.1) is 19.8 Å². The third-order valence-electron chi connectivity index (χ3n) is 4.26. The number of hydrogen-bond donors (Lipinski definition) is 2. The van der Waals surface area contributed by atoms with Crippen LogP contribution in [0.2, 0.25) is 0 Å². The fraction of sp³-hybridized carbons (Fsp3) is 0.588. The lowest BCUT2D eigenvalue weighted by Crippen LogP contribution is -3.15. The average Bonchev–Trinajstić information content (AvgIpc) is 2.56. The van der Waals surface area contributed by atoms with Crippen LogP contribution in [0.15, 0.2) is 24.3 Å². The van der Waals surface area contributed by atoms with Gasteiger partial charge in [-0.05, 0) is 12.1 Å². The number of rotatable bonds is 6. The monoisotopic (exact) mass is 306 g/mol. The van der Waals surface area contributed by atoms with Gasteiger partial charge < -0.3 is 19.9 Å². The Bertz CT molecular complexity index is 467. The molecular formula is C17H28N3O2+. The van der Waals surface area contributed by atoms with Crippen LogP contribution in [0.1, 0.15) is 24.9 Å². The van der Waals surface area contributed by atoms with Crippen LogP contribution in [0, 0.1) is 0 Å². The highest BCUT2D eigenvalue weighted by Gasteiger charge is 2.26. The van der Waals surface area contributed by atoms with E-state index in [0.717, 1.165) is 26.3 Å². The minimum Gasteiger partial charge on any atom is -0.378 e. The van der Waals surface area contributed by atoms with E-state index >= 15 is 0 Å². The SMILES string of the molecule is CCC(=O)NC[C@H](c1ccc(N(C)C)cc1)[NH+]1CCOCC1. The molecule has 1 aromatic rings. The van der Waals surface area contributed by atoms with Crippen molar-refractivity contribution >= 4 is 11.6 Å². The molecule has 0 unspecified atom stereocenters. The maximum Gasteiger partial charge on any atom is 0.219 e. The third-order valence-corrected chi connectivity index (χ3v) is 4.26. The van der Waals surface area contributed by atoms with E-state index in [9.17, 15) is 4.79 Å². The van der Waals surface area contributed by atoms with Gasteiger partial charge in [-0.3, -0.25) is 4.79 Å². The Hall–Kier alpha value is -1.59. The van der Waals surface area contributed by atoms with Gasteiger partial charge in [0.15, 0.2) is 0 Å². The smallest absolute Gasteiger partial charge is 0.219 e. The lowest BCUT2D eigenvalue weighted by molar-refractivity contribution is -0.937. The second kappa shape index (κ2) is 8.15. The van der Waals surface area contributed by atoms with Crippen LogP contribution in [0.25, 0.3) is 0 Å². The number of quaternary nitrogens is 1. The molecule has 1 aliphatic rings. The van der Waals surface area contributed by atoms with E-state index in [-0.39, 0.29) is 11.9 Å². The molecule has 0 aliphatic carbocycles. The fourth-order valence-corrected chi connectivity index (χ4v) is 2.83. The summed E-state index contributed by atoms with van der Waals surface area (Å²) in [6.07, 6.45) is 0.532. The van der Waals surface area contributed by atoms with Crippen LogP contribution in [0.5, 0.6) is 0 Å². The quantitative estimate of drug-likeness (QED) is 0.791. The van der Waals surface area contributed by atoms with Crippen molar-refractivity contribution in [1.29, 1.82) is 0 Å². The summed E-state index contributed by atoms with van der Waals surface area (Å²) < 4.78 is 5.47. The van der Waals surface area contributed by atoms with Gasteiger partial charge >= 0.3 is 0 Å². The predicted octanol–water partition coefficient (Wildman–Crippen LogP) is 0.235. The summed E-state index contributed by atoms with van der Waals surface area (Å²) in [5.74, 6) is 0.113. The maximum absolute atomic E-state index is 11.6. The lowest BCUT2D eigenvalue weighted by Gasteiger charge is -2.32. The van der Waals surface area contributed by atoms with Gasteiger partial charge in [-0.25, -0.2) is 0 Å². The van der Waals surface area contributed by atoms with Crippen molar-refractivity contribution in [3.8, 4) is 0 Å². The molecular weight excluding hydrogens is 278 g/mol. The first kappa shape index (κ1) is 16.8. The Labute approximate surface area is 133 Å². The Morgan fingerprint density at radius 2 is 1.91 bits per heavy atom. The Balaban J connectivity index is 2.12. The maximum atomic E-state index is 11.6. The number of hydrogen-bond acceptors (Lipinski definition) is 3. The normalized spacial score (nSPS) is 17.0. The zero-order valence-electron chi connectivity index (χ0n) is 13.9. The van der Waals surface area contributed by atoms with Gasteiger partial charge in [0.25, 0.3) is 0 Å². The lowest BCUT2D eigenvalue weighted by atomic mass is 10.0. The molecule has 1 aliphatic heterocycles. The van der Waals surface area contributed by atoms with Gasteiger partial charge in [-0.15, -0.1) is 0 Å². The topological polar surface area (TPSA) is 46.0 Å². The van der Waals surface area contributed by atoms with E-state index in [4.69, 9.17) is 4.74 Å². The van der Waals surface area contributed by atoms with Crippen molar-refractivity contribution in [1.82, 2.24) is 5.32 Å². The molecule has 2 rings (SSSR count). The first-order valence-electron chi connectivity index (χ1n) is 8.08. The number of ether oxygens (including phenoxy) is 1. The molecule has 5 heteroatoms. The highest BCUT2D eigenvalue weighted by molar-refractivity contribution is 5.75. The van der Waals surface area contributed by atoms with Gasteiger partial charge in [0.1, 0.15) is 19.1 Å². The van der Waals surface area contributed by atoms with Gasteiger partial charge in [-0.1, -0.05) is 19.1 Å². The molecule has 0 spiro atoms. The second-order valence-corrected chi connectivity index (χ2v) is 5.97. The second-order valence-electron chi connectivity index (χ2n) is 5.97. The van der Waals surface area contributed by atoms with Crippen LogP contribution >= 0.6 is 0 Å². The number of anilines is 1. The van der Waals surface area contributed by atoms with E-state index in [1.165, 1.54) is 16.2 Å². The molecule has 2 N–H and O–H groups in total. The van der Waals surface area contributed by atoms with Crippen molar-refractivity contribution < 1.29 is 14.4 Å². The first-order chi connectivity index (χ1) is 10.6. The average molecular weight is 306 g/mol. The number of carbonyl (C=O) groups is 1. The molecule has 1 heterocycles. The van der Waals surface area contributed by atoms with Crippen LogP contribution < -0.4 is 15.1 Å². The van der Waals surface area contributed by atoms with E-state index in [0.29, 0.717) is 13.0 Å². The summed E-state index contributed by atoms with van der Waals surface area (Å²) in [6.45, 7) is 6.14. The van der Waals surface area contributed by atoms with Crippen LogP contribution in [0.3, 0.4) is 0 Å². The van der Waals surface area contributed by atoms with Gasteiger partial charge in [-0.2, -0.15) is 0 Å². The minimum atomic E-state index is 0.113. The molecule has 0 aromatic heterocycles. The number of nitrogens with one attached hydrogen (secondary N) is 2. The molecule has 0 saturated carbocycles. The zero-order valence-corrected chi connectivity index (χ0v) is 13.9. The van der Waals surface area contributed by atoms with Gasteiger partial charge in [0, 0.05) is 31.8 Å². The van der Waals surface area contributed by atoms with Crippen molar-refractivity contribution in [3.05, 3.63) is 29.8 Å². The molecule has 0 bridgehead atoms. The first-order valence-corrected chi connectivity index (χ1v) is 8.08. The Morgan fingerprint density at radius 1 is 1.27 bits per heavy atom. The number of nitrogens with zero attached hydrogens (tertiary/aromatic N) is 1.